The lowest BCUT2D eigenvalue weighted by Gasteiger charge is -2.22. The summed E-state index contributed by atoms with van der Waals surface area (Å²) in [6.07, 6.45) is 1.42. The van der Waals surface area contributed by atoms with Gasteiger partial charge in [-0.25, -0.2) is 0 Å². The van der Waals surface area contributed by atoms with E-state index in [1.165, 1.54) is 18.3 Å². The van der Waals surface area contributed by atoms with E-state index >= 15 is 0 Å². The molecule has 5 heteroatoms. The van der Waals surface area contributed by atoms with Crippen LogP contribution in [0, 0.1) is 0 Å². The number of phenols is 1. The van der Waals surface area contributed by atoms with Gasteiger partial charge in [-0.3, -0.25) is 9.59 Å². The Hall–Kier alpha value is -3.47. The first-order valence-corrected chi connectivity index (χ1v) is 7.39. The number of imide groups is 1. The Balaban J connectivity index is 1.78. The summed E-state index contributed by atoms with van der Waals surface area (Å²) in [5.41, 5.74) is 1.60. The SMILES string of the molecule is O=C1c2cccc3cccc(c23)C(=O)N1N=Cc1ccc(O)cc1. The molecule has 3 aromatic carbocycles. The molecule has 0 aliphatic carbocycles. The van der Waals surface area contributed by atoms with Crippen molar-refractivity contribution in [2.24, 2.45) is 5.10 Å². The fraction of sp³-hybridized carbons (Fsp3) is 0. The van der Waals surface area contributed by atoms with Crippen molar-refractivity contribution < 1.29 is 14.7 Å². The van der Waals surface area contributed by atoms with Crippen LogP contribution in [0.25, 0.3) is 10.8 Å². The summed E-state index contributed by atoms with van der Waals surface area (Å²) in [6.45, 7) is 0. The third kappa shape index (κ3) is 2.14. The molecule has 24 heavy (non-hydrogen) atoms. The highest BCUT2D eigenvalue weighted by molar-refractivity contribution is 6.25. The minimum atomic E-state index is -0.445. The molecule has 116 valence electrons. The van der Waals surface area contributed by atoms with Crippen molar-refractivity contribution in [2.75, 3.05) is 0 Å². The lowest BCUT2D eigenvalue weighted by Crippen LogP contribution is -2.36. The van der Waals surface area contributed by atoms with Crippen LogP contribution in [0.3, 0.4) is 0 Å². The van der Waals surface area contributed by atoms with Gasteiger partial charge in [-0.15, -0.1) is 0 Å². The molecular weight excluding hydrogens is 304 g/mol. The monoisotopic (exact) mass is 316 g/mol. The van der Waals surface area contributed by atoms with Gasteiger partial charge in [0.15, 0.2) is 0 Å². The van der Waals surface area contributed by atoms with Gasteiger partial charge in [0, 0.05) is 5.39 Å². The number of aromatic hydroxyl groups is 1. The second-order valence-electron chi connectivity index (χ2n) is 5.47. The first-order chi connectivity index (χ1) is 11.6. The zero-order chi connectivity index (χ0) is 16.7. The molecule has 0 saturated carbocycles. The Morgan fingerprint density at radius 1 is 0.833 bits per heavy atom. The number of nitrogens with zero attached hydrogens (tertiary/aromatic N) is 2. The lowest BCUT2D eigenvalue weighted by molar-refractivity contribution is 0.0616. The van der Waals surface area contributed by atoms with Crippen LogP contribution in [-0.2, 0) is 0 Å². The molecule has 1 heterocycles. The highest BCUT2D eigenvalue weighted by Crippen LogP contribution is 2.30. The molecule has 0 spiro atoms. The second kappa shape index (κ2) is 5.31. The summed E-state index contributed by atoms with van der Waals surface area (Å²) in [5.74, 6) is -0.753. The molecule has 2 amide bonds. The van der Waals surface area contributed by atoms with E-state index in [1.54, 1.807) is 36.4 Å². The van der Waals surface area contributed by atoms with E-state index in [4.69, 9.17) is 0 Å². The first kappa shape index (κ1) is 14.1. The van der Waals surface area contributed by atoms with Crippen LogP contribution in [-0.4, -0.2) is 28.1 Å². The highest BCUT2D eigenvalue weighted by atomic mass is 16.3. The van der Waals surface area contributed by atoms with Crippen molar-refractivity contribution in [2.45, 2.75) is 0 Å². The van der Waals surface area contributed by atoms with Crippen LogP contribution in [0.1, 0.15) is 26.3 Å². The van der Waals surface area contributed by atoms with Crippen molar-refractivity contribution in [3.8, 4) is 5.75 Å². The summed E-state index contributed by atoms with van der Waals surface area (Å²) in [4.78, 5) is 25.3. The molecule has 0 bridgehead atoms. The van der Waals surface area contributed by atoms with Crippen molar-refractivity contribution in [1.29, 1.82) is 0 Å². The quantitative estimate of drug-likeness (QED) is 0.583. The van der Waals surface area contributed by atoms with E-state index in [9.17, 15) is 14.7 Å². The molecule has 1 aliphatic rings. The second-order valence-corrected chi connectivity index (χ2v) is 5.47. The molecule has 0 fully saturated rings. The molecule has 0 aromatic heterocycles. The van der Waals surface area contributed by atoms with E-state index < -0.39 is 11.8 Å². The van der Waals surface area contributed by atoms with Crippen molar-refractivity contribution in [3.05, 3.63) is 77.4 Å². The average molecular weight is 316 g/mol. The molecule has 1 aliphatic heterocycles. The predicted molar refractivity (Wildman–Crippen MR) is 90.1 cm³/mol. The van der Waals surface area contributed by atoms with Gasteiger partial charge in [-0.05, 0) is 47.3 Å². The van der Waals surface area contributed by atoms with Gasteiger partial charge < -0.3 is 5.11 Å². The number of hydrazone groups is 1. The highest BCUT2D eigenvalue weighted by Gasteiger charge is 2.32. The van der Waals surface area contributed by atoms with Gasteiger partial charge >= 0.3 is 0 Å². The standard InChI is InChI=1S/C19H12N2O3/c22-14-9-7-12(8-10-14)11-20-21-18(23)15-5-1-3-13-4-2-6-16(17(13)15)19(21)24/h1-11,22H. The molecule has 0 unspecified atom stereocenters. The van der Waals surface area contributed by atoms with Crippen LogP contribution in [0.4, 0.5) is 0 Å². The average Bonchev–Trinajstić information content (AvgIpc) is 2.61. The van der Waals surface area contributed by atoms with E-state index in [0.29, 0.717) is 22.1 Å². The molecule has 5 nitrogen and oxygen atoms in total. The Labute approximate surface area is 137 Å². The fourth-order valence-electron chi connectivity index (χ4n) is 2.81. The number of hydrogen-bond donors (Lipinski definition) is 1. The molecule has 1 N–H and O–H groups in total. The molecule has 3 aromatic rings. The van der Waals surface area contributed by atoms with E-state index in [-0.39, 0.29) is 5.75 Å². The molecule has 4 rings (SSSR count). The van der Waals surface area contributed by atoms with Crippen molar-refractivity contribution >= 4 is 28.8 Å². The van der Waals surface area contributed by atoms with E-state index in [0.717, 1.165) is 10.4 Å². The maximum Gasteiger partial charge on any atom is 0.282 e. The molecular formula is C19H12N2O3. The van der Waals surface area contributed by atoms with Gasteiger partial charge in [-0.2, -0.15) is 10.1 Å². The summed E-state index contributed by atoms with van der Waals surface area (Å²) in [6, 6.07) is 17.0. The predicted octanol–water partition coefficient (Wildman–Crippen LogP) is 3.18. The molecule has 0 saturated heterocycles. The molecule has 0 radical (unpaired) electrons. The van der Waals surface area contributed by atoms with Crippen LogP contribution in [0.2, 0.25) is 0 Å². The van der Waals surface area contributed by atoms with Gasteiger partial charge in [0.25, 0.3) is 11.8 Å². The zero-order valence-electron chi connectivity index (χ0n) is 12.5. The van der Waals surface area contributed by atoms with E-state index in [1.807, 2.05) is 12.1 Å². The number of carbonyl (C=O) groups excluding carboxylic acids is 2. The number of carbonyl (C=O) groups is 2. The number of rotatable bonds is 2. The van der Waals surface area contributed by atoms with Crippen LogP contribution in [0.15, 0.2) is 65.8 Å². The van der Waals surface area contributed by atoms with E-state index in [2.05, 4.69) is 5.10 Å². The topological polar surface area (TPSA) is 70.0 Å². The van der Waals surface area contributed by atoms with Crippen LogP contribution in [0.5, 0.6) is 5.75 Å². The fourth-order valence-corrected chi connectivity index (χ4v) is 2.81. The first-order valence-electron chi connectivity index (χ1n) is 7.39. The summed E-state index contributed by atoms with van der Waals surface area (Å²) >= 11 is 0. The van der Waals surface area contributed by atoms with Crippen LogP contribution < -0.4 is 0 Å². The summed E-state index contributed by atoms with van der Waals surface area (Å²) in [7, 11) is 0. The molecule has 0 atom stereocenters. The van der Waals surface area contributed by atoms with Gasteiger partial charge in [-0.1, -0.05) is 24.3 Å². The number of hydrogen-bond acceptors (Lipinski definition) is 4. The minimum absolute atomic E-state index is 0.137. The Bertz CT molecular complexity index is 956. The zero-order valence-corrected chi connectivity index (χ0v) is 12.5. The lowest BCUT2D eigenvalue weighted by atomic mass is 9.95. The Kier molecular flexibility index (Phi) is 3.13. The third-order valence-corrected chi connectivity index (χ3v) is 3.97. The summed E-state index contributed by atoms with van der Waals surface area (Å²) in [5, 5.41) is 15.8. The van der Waals surface area contributed by atoms with Crippen molar-refractivity contribution in [1.82, 2.24) is 5.01 Å². The maximum atomic E-state index is 12.6. The number of phenolic OH excluding ortho intramolecular Hbond substituents is 1. The number of amides is 2. The van der Waals surface area contributed by atoms with Crippen molar-refractivity contribution in [3.63, 3.8) is 0 Å². The normalized spacial score (nSPS) is 13.9. The Morgan fingerprint density at radius 2 is 1.42 bits per heavy atom. The maximum absolute atomic E-state index is 12.6. The van der Waals surface area contributed by atoms with Gasteiger partial charge in [0.1, 0.15) is 5.75 Å². The third-order valence-electron chi connectivity index (χ3n) is 3.97. The summed E-state index contributed by atoms with van der Waals surface area (Å²) < 4.78 is 0. The largest absolute Gasteiger partial charge is 0.508 e. The minimum Gasteiger partial charge on any atom is -0.508 e. The Morgan fingerprint density at radius 3 is 2.00 bits per heavy atom. The van der Waals surface area contributed by atoms with Crippen LogP contribution >= 0.6 is 0 Å². The van der Waals surface area contributed by atoms with Gasteiger partial charge in [0.05, 0.1) is 17.3 Å². The van der Waals surface area contributed by atoms with Gasteiger partial charge in [0.2, 0.25) is 0 Å². The smallest absolute Gasteiger partial charge is 0.282 e. The number of benzene rings is 3.